The lowest BCUT2D eigenvalue weighted by molar-refractivity contribution is -0.133. The van der Waals surface area contributed by atoms with E-state index in [1.165, 1.54) is 0 Å². The summed E-state index contributed by atoms with van der Waals surface area (Å²) in [6.45, 7) is 4.42. The molecule has 2 heterocycles. The molecule has 0 spiro atoms. The minimum atomic E-state index is -2.31. The summed E-state index contributed by atoms with van der Waals surface area (Å²) >= 11 is 0. The number of aromatic nitrogens is 2. The van der Waals surface area contributed by atoms with E-state index in [1.807, 2.05) is 13.1 Å². The van der Waals surface area contributed by atoms with Crippen LogP contribution in [0.2, 0.25) is 0 Å². The standard InChI is InChI=1S/C13H20F2N4O/c1-11-8-16-19(9-11)3-2-13(20)18-6-4-17(5-7-18)10-12(14)15/h8-9,12H,2-7,10H2,1H3. The van der Waals surface area contributed by atoms with Crippen molar-refractivity contribution in [3.8, 4) is 0 Å². The summed E-state index contributed by atoms with van der Waals surface area (Å²) in [5.74, 6) is 0.0647. The first-order chi connectivity index (χ1) is 9.54. The second kappa shape index (κ2) is 6.78. The highest BCUT2D eigenvalue weighted by atomic mass is 19.3. The number of nitrogens with zero attached hydrogens (tertiary/aromatic N) is 4. The molecule has 0 N–H and O–H groups in total. The first-order valence-corrected chi connectivity index (χ1v) is 6.82. The average Bonchev–Trinajstić information content (AvgIpc) is 2.82. The van der Waals surface area contributed by atoms with Crippen molar-refractivity contribution in [3.63, 3.8) is 0 Å². The number of carbonyl (C=O) groups is 1. The summed E-state index contributed by atoms with van der Waals surface area (Å²) in [6.07, 6.45) is 1.75. The van der Waals surface area contributed by atoms with E-state index in [0.717, 1.165) is 5.56 Å². The molecule has 0 bridgehead atoms. The van der Waals surface area contributed by atoms with Crippen molar-refractivity contribution in [2.24, 2.45) is 0 Å². The lowest BCUT2D eigenvalue weighted by Crippen LogP contribution is -2.49. The number of alkyl halides is 2. The molecule has 7 heteroatoms. The molecule has 0 unspecified atom stereocenters. The molecule has 1 aliphatic rings. The Kier molecular flexibility index (Phi) is 5.05. The highest BCUT2D eigenvalue weighted by Crippen LogP contribution is 2.07. The molecule has 112 valence electrons. The first-order valence-electron chi connectivity index (χ1n) is 6.82. The summed E-state index contributed by atoms with van der Waals surface area (Å²) in [5.41, 5.74) is 1.07. The van der Waals surface area contributed by atoms with Gasteiger partial charge in [0.25, 0.3) is 6.43 Å². The van der Waals surface area contributed by atoms with Gasteiger partial charge in [-0.3, -0.25) is 14.4 Å². The highest BCUT2D eigenvalue weighted by Gasteiger charge is 2.22. The molecule has 20 heavy (non-hydrogen) atoms. The van der Waals surface area contributed by atoms with Gasteiger partial charge < -0.3 is 4.90 Å². The van der Waals surface area contributed by atoms with Crippen molar-refractivity contribution in [2.45, 2.75) is 26.3 Å². The van der Waals surface area contributed by atoms with Crippen molar-refractivity contribution in [2.75, 3.05) is 32.7 Å². The van der Waals surface area contributed by atoms with Crippen LogP contribution in [0.25, 0.3) is 0 Å². The Morgan fingerprint density at radius 3 is 2.60 bits per heavy atom. The average molecular weight is 286 g/mol. The second-order valence-corrected chi connectivity index (χ2v) is 5.10. The van der Waals surface area contributed by atoms with E-state index in [-0.39, 0.29) is 12.5 Å². The van der Waals surface area contributed by atoms with Gasteiger partial charge in [0.1, 0.15) is 0 Å². The fourth-order valence-corrected chi connectivity index (χ4v) is 2.33. The molecule has 1 fully saturated rings. The second-order valence-electron chi connectivity index (χ2n) is 5.10. The zero-order valence-corrected chi connectivity index (χ0v) is 11.6. The van der Waals surface area contributed by atoms with Crippen molar-refractivity contribution in [1.82, 2.24) is 19.6 Å². The molecule has 0 saturated carbocycles. The van der Waals surface area contributed by atoms with E-state index in [9.17, 15) is 13.6 Å². The van der Waals surface area contributed by atoms with Gasteiger partial charge in [0.15, 0.2) is 0 Å². The number of halogens is 2. The van der Waals surface area contributed by atoms with Crippen molar-refractivity contribution in [3.05, 3.63) is 18.0 Å². The van der Waals surface area contributed by atoms with Gasteiger partial charge in [0.05, 0.1) is 12.7 Å². The van der Waals surface area contributed by atoms with Crippen molar-refractivity contribution in [1.29, 1.82) is 0 Å². The normalized spacial score (nSPS) is 16.9. The molecule has 1 amide bonds. The largest absolute Gasteiger partial charge is 0.340 e. The number of hydrogen-bond acceptors (Lipinski definition) is 3. The zero-order chi connectivity index (χ0) is 14.5. The molecule has 1 saturated heterocycles. The van der Waals surface area contributed by atoms with Crippen LogP contribution in [-0.4, -0.2) is 64.6 Å². The van der Waals surface area contributed by atoms with Crippen LogP contribution in [0.15, 0.2) is 12.4 Å². The molecule has 1 aromatic rings. The summed E-state index contributed by atoms with van der Waals surface area (Å²) in [6, 6.07) is 0. The Hall–Kier alpha value is -1.50. The SMILES string of the molecule is Cc1cnn(CCC(=O)N2CCN(CC(F)F)CC2)c1. The molecule has 5 nitrogen and oxygen atoms in total. The van der Waals surface area contributed by atoms with E-state index in [1.54, 1.807) is 20.7 Å². The van der Waals surface area contributed by atoms with Gasteiger partial charge in [-0.1, -0.05) is 0 Å². The van der Waals surface area contributed by atoms with Gasteiger partial charge in [0.2, 0.25) is 5.91 Å². The predicted octanol–water partition coefficient (Wildman–Crippen LogP) is 0.991. The Morgan fingerprint density at radius 2 is 2.05 bits per heavy atom. The first kappa shape index (κ1) is 14.9. The van der Waals surface area contributed by atoms with Crippen LogP contribution in [0, 0.1) is 6.92 Å². The summed E-state index contributed by atoms with van der Waals surface area (Å²) in [4.78, 5) is 15.5. The van der Waals surface area contributed by atoms with Gasteiger partial charge in [-0.05, 0) is 12.5 Å². The number of amides is 1. The Labute approximate surface area is 117 Å². The van der Waals surface area contributed by atoms with Crippen molar-refractivity contribution < 1.29 is 13.6 Å². The van der Waals surface area contributed by atoms with E-state index in [4.69, 9.17) is 0 Å². The fraction of sp³-hybridized carbons (Fsp3) is 0.692. The van der Waals surface area contributed by atoms with E-state index in [0.29, 0.717) is 39.1 Å². The fourth-order valence-electron chi connectivity index (χ4n) is 2.33. The van der Waals surface area contributed by atoms with E-state index < -0.39 is 6.43 Å². The zero-order valence-electron chi connectivity index (χ0n) is 11.6. The van der Waals surface area contributed by atoms with Gasteiger partial charge in [-0.15, -0.1) is 0 Å². The van der Waals surface area contributed by atoms with E-state index in [2.05, 4.69) is 5.10 Å². The van der Waals surface area contributed by atoms with Crippen molar-refractivity contribution >= 4 is 5.91 Å². The van der Waals surface area contributed by atoms with Crippen LogP contribution in [0.3, 0.4) is 0 Å². The number of rotatable bonds is 5. The minimum absolute atomic E-state index is 0.0647. The van der Waals surface area contributed by atoms with E-state index >= 15 is 0 Å². The maximum atomic E-state index is 12.3. The predicted molar refractivity (Wildman–Crippen MR) is 70.6 cm³/mol. The molecule has 0 radical (unpaired) electrons. The topological polar surface area (TPSA) is 41.4 Å². The molecular weight excluding hydrogens is 266 g/mol. The van der Waals surface area contributed by atoms with Gasteiger partial charge in [0, 0.05) is 45.3 Å². The highest BCUT2D eigenvalue weighted by molar-refractivity contribution is 5.76. The molecular formula is C13H20F2N4O. The summed E-state index contributed by atoms with van der Waals surface area (Å²) in [5, 5.41) is 4.13. The maximum Gasteiger partial charge on any atom is 0.251 e. The Bertz CT molecular complexity index is 441. The Balaban J connectivity index is 1.72. The number of hydrogen-bond donors (Lipinski definition) is 0. The summed E-state index contributed by atoms with van der Waals surface area (Å²) < 4.78 is 26.3. The number of piperazine rings is 1. The van der Waals surface area contributed by atoms with Crippen LogP contribution in [0.5, 0.6) is 0 Å². The molecule has 0 aromatic carbocycles. The lowest BCUT2D eigenvalue weighted by atomic mass is 10.2. The monoisotopic (exact) mass is 286 g/mol. The van der Waals surface area contributed by atoms with Gasteiger partial charge >= 0.3 is 0 Å². The quantitative estimate of drug-likeness (QED) is 0.810. The van der Waals surface area contributed by atoms with Crippen LogP contribution in [-0.2, 0) is 11.3 Å². The van der Waals surface area contributed by atoms with Gasteiger partial charge in [-0.25, -0.2) is 8.78 Å². The maximum absolute atomic E-state index is 12.3. The van der Waals surface area contributed by atoms with Gasteiger partial charge in [-0.2, -0.15) is 5.10 Å². The smallest absolute Gasteiger partial charge is 0.251 e. The summed E-state index contributed by atoms with van der Waals surface area (Å²) in [7, 11) is 0. The third-order valence-corrected chi connectivity index (χ3v) is 3.44. The van der Waals surface area contributed by atoms with Crippen LogP contribution in [0.4, 0.5) is 8.78 Å². The molecule has 1 aromatic heterocycles. The number of carbonyl (C=O) groups excluding carboxylic acids is 1. The lowest BCUT2D eigenvalue weighted by Gasteiger charge is -2.34. The third-order valence-electron chi connectivity index (χ3n) is 3.44. The van der Waals surface area contributed by atoms with Crippen LogP contribution < -0.4 is 0 Å². The molecule has 1 aliphatic heterocycles. The molecule has 2 rings (SSSR count). The molecule has 0 aliphatic carbocycles. The third kappa shape index (κ3) is 4.26. The molecule has 0 atom stereocenters. The van der Waals surface area contributed by atoms with Crippen LogP contribution >= 0.6 is 0 Å². The number of aryl methyl sites for hydroxylation is 2. The Morgan fingerprint density at radius 1 is 1.35 bits per heavy atom. The minimum Gasteiger partial charge on any atom is -0.340 e. The van der Waals surface area contributed by atoms with Crippen LogP contribution in [0.1, 0.15) is 12.0 Å².